The zero-order valence-electron chi connectivity index (χ0n) is 19.3. The second-order valence-corrected chi connectivity index (χ2v) is 9.59. The SMILES string of the molecule is COc1oc2cccc(C)c2c(=O)c1[C@H]1OC(C(=O)CC(C)C)=C(C)[C@H]2CC[C@H](C)[C@H]21. The fourth-order valence-electron chi connectivity index (χ4n) is 5.50. The standard InChI is InChI=1S/C26H32O5/c1-13(2)12-18(27)24-16(5)17-11-10-15(4)20(17)25(31-24)22-23(28)21-14(3)8-7-9-19(21)30-26(22)29-6/h7-9,13,15,17,20,25H,10-12H2,1-6H3/t15-,17+,20+,25-/m0/s1. The third-order valence-electron chi connectivity index (χ3n) is 7.01. The Bertz CT molecular complexity index is 1110. The smallest absolute Gasteiger partial charge is 0.295 e. The minimum Gasteiger partial charge on any atom is -0.481 e. The van der Waals surface area contributed by atoms with Crippen LogP contribution in [0, 0.1) is 30.6 Å². The average molecular weight is 425 g/mol. The van der Waals surface area contributed by atoms with Crippen LogP contribution in [0.2, 0.25) is 0 Å². The van der Waals surface area contributed by atoms with Crippen molar-refractivity contribution in [3.8, 4) is 5.95 Å². The summed E-state index contributed by atoms with van der Waals surface area (Å²) in [7, 11) is 1.51. The number of benzene rings is 1. The Hall–Kier alpha value is -2.56. The molecule has 0 saturated heterocycles. The Morgan fingerprint density at radius 3 is 2.65 bits per heavy atom. The van der Waals surface area contributed by atoms with Crippen LogP contribution in [-0.2, 0) is 9.53 Å². The molecule has 166 valence electrons. The Labute approximate surface area is 183 Å². The van der Waals surface area contributed by atoms with Gasteiger partial charge in [0.25, 0.3) is 5.95 Å². The van der Waals surface area contributed by atoms with Gasteiger partial charge in [0.05, 0.1) is 12.5 Å². The van der Waals surface area contributed by atoms with E-state index in [4.69, 9.17) is 13.9 Å². The summed E-state index contributed by atoms with van der Waals surface area (Å²) in [4.78, 5) is 26.8. The molecule has 2 aromatic rings. The van der Waals surface area contributed by atoms with E-state index in [1.807, 2.05) is 39.8 Å². The summed E-state index contributed by atoms with van der Waals surface area (Å²) in [5.41, 5.74) is 2.64. The molecule has 0 unspecified atom stereocenters. The van der Waals surface area contributed by atoms with E-state index in [0.29, 0.717) is 34.6 Å². The van der Waals surface area contributed by atoms with E-state index in [-0.39, 0.29) is 34.9 Å². The molecule has 1 aromatic carbocycles. The number of ether oxygens (including phenoxy) is 2. The molecule has 0 spiro atoms. The van der Waals surface area contributed by atoms with E-state index in [0.717, 1.165) is 24.0 Å². The molecule has 0 amide bonds. The van der Waals surface area contributed by atoms with Crippen molar-refractivity contribution in [2.24, 2.45) is 23.7 Å². The van der Waals surface area contributed by atoms with E-state index >= 15 is 0 Å². The first kappa shape index (κ1) is 21.7. The van der Waals surface area contributed by atoms with Gasteiger partial charge in [-0.2, -0.15) is 0 Å². The number of carbonyl (C=O) groups excluding carboxylic acids is 1. The largest absolute Gasteiger partial charge is 0.481 e. The number of Topliss-reactive ketones (excluding diaryl/α,β-unsaturated/α-hetero) is 1. The fourth-order valence-corrected chi connectivity index (χ4v) is 5.50. The van der Waals surface area contributed by atoms with E-state index in [1.54, 1.807) is 6.07 Å². The maximum Gasteiger partial charge on any atom is 0.295 e. The van der Waals surface area contributed by atoms with Crippen molar-refractivity contribution in [1.82, 2.24) is 0 Å². The number of fused-ring (bicyclic) bond motifs is 2. The van der Waals surface area contributed by atoms with Gasteiger partial charge in [-0.25, -0.2) is 0 Å². The molecule has 1 fully saturated rings. The number of ketones is 1. The minimum absolute atomic E-state index is 0.0100. The van der Waals surface area contributed by atoms with E-state index in [9.17, 15) is 9.59 Å². The van der Waals surface area contributed by atoms with Crippen LogP contribution in [0.15, 0.2) is 38.7 Å². The van der Waals surface area contributed by atoms with Gasteiger partial charge in [-0.05, 0) is 61.6 Å². The highest BCUT2D eigenvalue weighted by atomic mass is 16.6. The normalized spacial score (nSPS) is 25.6. The summed E-state index contributed by atoms with van der Waals surface area (Å²) in [6.45, 7) is 10.2. The fraction of sp³-hybridized carbons (Fsp3) is 0.538. The van der Waals surface area contributed by atoms with Crippen LogP contribution < -0.4 is 10.2 Å². The molecule has 5 nitrogen and oxygen atoms in total. The van der Waals surface area contributed by atoms with Crippen molar-refractivity contribution in [2.45, 2.75) is 60.0 Å². The predicted molar refractivity (Wildman–Crippen MR) is 120 cm³/mol. The minimum atomic E-state index is -0.562. The maximum absolute atomic E-state index is 13.7. The Morgan fingerprint density at radius 2 is 1.97 bits per heavy atom. The van der Waals surface area contributed by atoms with Gasteiger partial charge in [-0.1, -0.05) is 32.9 Å². The number of allylic oxidation sites excluding steroid dienone is 2. The number of rotatable bonds is 5. The van der Waals surface area contributed by atoms with Crippen molar-refractivity contribution < 1.29 is 18.7 Å². The molecule has 1 saturated carbocycles. The van der Waals surface area contributed by atoms with Crippen molar-refractivity contribution in [3.63, 3.8) is 0 Å². The Balaban J connectivity index is 1.92. The third-order valence-corrected chi connectivity index (χ3v) is 7.01. The molecule has 2 heterocycles. The second-order valence-electron chi connectivity index (χ2n) is 9.59. The van der Waals surface area contributed by atoms with Gasteiger partial charge in [-0.3, -0.25) is 9.59 Å². The molecule has 4 atom stereocenters. The number of methoxy groups -OCH3 is 1. The molecule has 4 rings (SSSR count). The number of aryl methyl sites for hydroxylation is 1. The Morgan fingerprint density at radius 1 is 1.23 bits per heavy atom. The van der Waals surface area contributed by atoms with Gasteiger partial charge >= 0.3 is 0 Å². The zero-order chi connectivity index (χ0) is 22.4. The second kappa shape index (κ2) is 8.18. The molecule has 0 radical (unpaired) electrons. The first-order chi connectivity index (χ1) is 14.7. The summed E-state index contributed by atoms with van der Waals surface area (Å²) >= 11 is 0. The predicted octanol–water partition coefficient (Wildman–Crippen LogP) is 5.73. The molecule has 2 aliphatic rings. The van der Waals surface area contributed by atoms with E-state index in [2.05, 4.69) is 6.92 Å². The van der Waals surface area contributed by atoms with Crippen LogP contribution in [0.3, 0.4) is 0 Å². The molecule has 1 aliphatic heterocycles. The van der Waals surface area contributed by atoms with Crippen molar-refractivity contribution >= 4 is 16.8 Å². The molecule has 0 bridgehead atoms. The number of hydrogen-bond acceptors (Lipinski definition) is 5. The van der Waals surface area contributed by atoms with Gasteiger partial charge in [-0.15, -0.1) is 0 Å². The topological polar surface area (TPSA) is 65.7 Å². The molecule has 1 aliphatic carbocycles. The summed E-state index contributed by atoms with van der Waals surface area (Å²) in [6.07, 6.45) is 1.90. The molecular formula is C26H32O5. The summed E-state index contributed by atoms with van der Waals surface area (Å²) in [5, 5.41) is 0.547. The highest BCUT2D eigenvalue weighted by Crippen LogP contribution is 2.54. The highest BCUT2D eigenvalue weighted by molar-refractivity contribution is 5.94. The average Bonchev–Trinajstić information content (AvgIpc) is 3.10. The van der Waals surface area contributed by atoms with Crippen molar-refractivity contribution in [3.05, 3.63) is 50.9 Å². The quantitative estimate of drug-likeness (QED) is 0.613. The van der Waals surface area contributed by atoms with Crippen LogP contribution in [0.25, 0.3) is 11.0 Å². The molecule has 1 aromatic heterocycles. The van der Waals surface area contributed by atoms with Crippen LogP contribution in [0.4, 0.5) is 0 Å². The van der Waals surface area contributed by atoms with Gasteiger partial charge in [0, 0.05) is 12.3 Å². The maximum atomic E-state index is 13.7. The first-order valence-corrected chi connectivity index (χ1v) is 11.3. The van der Waals surface area contributed by atoms with Gasteiger partial charge in [0.15, 0.2) is 11.5 Å². The third kappa shape index (κ3) is 3.58. The van der Waals surface area contributed by atoms with Gasteiger partial charge in [0.2, 0.25) is 5.43 Å². The number of hydrogen-bond donors (Lipinski definition) is 0. The van der Waals surface area contributed by atoms with E-state index in [1.165, 1.54) is 7.11 Å². The lowest BCUT2D eigenvalue weighted by molar-refractivity contribution is -0.123. The summed E-state index contributed by atoms with van der Waals surface area (Å²) in [6, 6.07) is 5.54. The van der Waals surface area contributed by atoms with Crippen LogP contribution in [0.5, 0.6) is 5.95 Å². The van der Waals surface area contributed by atoms with Crippen LogP contribution in [0.1, 0.15) is 64.2 Å². The molecule has 0 N–H and O–H groups in total. The lowest BCUT2D eigenvalue weighted by Gasteiger charge is -2.38. The Kier molecular flexibility index (Phi) is 5.71. The summed E-state index contributed by atoms with van der Waals surface area (Å²) in [5.74, 6) is 1.55. The highest BCUT2D eigenvalue weighted by Gasteiger charge is 2.49. The van der Waals surface area contributed by atoms with Crippen LogP contribution in [-0.4, -0.2) is 12.9 Å². The van der Waals surface area contributed by atoms with Crippen LogP contribution >= 0.6 is 0 Å². The van der Waals surface area contributed by atoms with E-state index < -0.39 is 6.10 Å². The van der Waals surface area contributed by atoms with Crippen molar-refractivity contribution in [2.75, 3.05) is 7.11 Å². The molecule has 31 heavy (non-hydrogen) atoms. The summed E-state index contributed by atoms with van der Waals surface area (Å²) < 4.78 is 18.0. The number of carbonyl (C=O) groups is 1. The van der Waals surface area contributed by atoms with Gasteiger partial charge in [0.1, 0.15) is 17.3 Å². The first-order valence-electron chi connectivity index (χ1n) is 11.3. The molecular weight excluding hydrogens is 392 g/mol. The monoisotopic (exact) mass is 424 g/mol. The molecule has 5 heteroatoms. The zero-order valence-corrected chi connectivity index (χ0v) is 19.3. The van der Waals surface area contributed by atoms with Gasteiger partial charge < -0.3 is 13.9 Å². The van der Waals surface area contributed by atoms with Crippen molar-refractivity contribution in [1.29, 1.82) is 0 Å². The lowest BCUT2D eigenvalue weighted by atomic mass is 9.76. The lowest BCUT2D eigenvalue weighted by Crippen LogP contribution is -2.35.